The third kappa shape index (κ3) is 4.54. The largest absolute Gasteiger partial charge is 0.383 e. The number of hydrogen-bond acceptors (Lipinski definition) is 9. The van der Waals surface area contributed by atoms with Crippen LogP contribution in [0.25, 0.3) is 21.5 Å². The number of benzene rings is 5. The van der Waals surface area contributed by atoms with Gasteiger partial charge >= 0.3 is 0 Å². The average molecular weight is 763 g/mol. The number of hydrogen-bond donors (Lipinski definition) is 0. The minimum absolute atomic E-state index is 0.0451. The minimum Gasteiger partial charge on any atom is -0.383 e. The van der Waals surface area contributed by atoms with E-state index in [0.29, 0.717) is 45.2 Å². The smallest absolute Gasteiger partial charge is 0.281 e. The molecule has 8 amide bonds. The summed E-state index contributed by atoms with van der Waals surface area (Å²) in [6, 6.07) is 13.4. The van der Waals surface area contributed by atoms with E-state index in [9.17, 15) is 38.4 Å². The summed E-state index contributed by atoms with van der Waals surface area (Å²) in [5.74, 6) is -6.44. The summed E-state index contributed by atoms with van der Waals surface area (Å²) >= 11 is 0. The number of anilines is 1. The third-order valence-corrected chi connectivity index (χ3v) is 11.6. The van der Waals surface area contributed by atoms with Crippen molar-refractivity contribution in [3.05, 3.63) is 121 Å². The highest BCUT2D eigenvalue weighted by Crippen LogP contribution is 2.45. The van der Waals surface area contributed by atoms with E-state index in [2.05, 4.69) is 0 Å². The molecule has 0 saturated carbocycles. The molecule has 0 spiro atoms. The van der Waals surface area contributed by atoms with Gasteiger partial charge in [0.15, 0.2) is 0 Å². The Bertz CT molecular complexity index is 2760. The lowest BCUT2D eigenvalue weighted by atomic mass is 9.81. The van der Waals surface area contributed by atoms with Gasteiger partial charge in [0.1, 0.15) is 0 Å². The molecule has 4 aliphatic rings. The normalized spacial score (nSPS) is 16.6. The van der Waals surface area contributed by atoms with Crippen LogP contribution in [0, 0.1) is 27.7 Å². The molecule has 284 valence electrons. The SMILES string of the molecule is CCCC(COC)N1C(=O)c2ccc3c4c(ccc(c24)C1=O)C(=O)N(N1C(=O)c2cc(C)c4c5c(cc(C)c(c25)C1=O)C(=O)N(c1c(C)cccc1C)C4=O)C3=O. The fourth-order valence-corrected chi connectivity index (χ4v) is 9.18. The van der Waals surface area contributed by atoms with E-state index >= 15 is 0 Å². The molecule has 5 aromatic rings. The van der Waals surface area contributed by atoms with Gasteiger partial charge in [0, 0.05) is 45.3 Å². The van der Waals surface area contributed by atoms with Crippen LogP contribution in [0.2, 0.25) is 0 Å². The molecule has 0 radical (unpaired) electrons. The summed E-state index contributed by atoms with van der Waals surface area (Å²) in [7, 11) is 1.48. The summed E-state index contributed by atoms with van der Waals surface area (Å²) < 4.78 is 5.33. The van der Waals surface area contributed by atoms with Crippen LogP contribution in [0.3, 0.4) is 0 Å². The molecule has 0 aromatic heterocycles. The molecule has 5 aromatic carbocycles. The van der Waals surface area contributed by atoms with Crippen molar-refractivity contribution in [2.24, 2.45) is 0 Å². The first kappa shape index (κ1) is 35.8. The van der Waals surface area contributed by atoms with Crippen LogP contribution in [0.5, 0.6) is 0 Å². The van der Waals surface area contributed by atoms with Crippen LogP contribution in [0.1, 0.15) is 125 Å². The van der Waals surface area contributed by atoms with Gasteiger partial charge in [-0.25, -0.2) is 4.90 Å². The molecule has 13 heteroatoms. The summed E-state index contributed by atoms with van der Waals surface area (Å²) in [4.78, 5) is 117. The molecule has 0 bridgehead atoms. The summed E-state index contributed by atoms with van der Waals surface area (Å²) in [5.41, 5.74) is 2.75. The first-order valence-corrected chi connectivity index (χ1v) is 18.5. The molecule has 57 heavy (non-hydrogen) atoms. The van der Waals surface area contributed by atoms with Crippen molar-refractivity contribution in [2.45, 2.75) is 53.5 Å². The van der Waals surface area contributed by atoms with Crippen LogP contribution >= 0.6 is 0 Å². The second-order valence-corrected chi connectivity index (χ2v) is 15.0. The fourth-order valence-electron chi connectivity index (χ4n) is 9.18. The van der Waals surface area contributed by atoms with Crippen molar-refractivity contribution in [3.8, 4) is 0 Å². The van der Waals surface area contributed by atoms with Gasteiger partial charge < -0.3 is 4.74 Å². The predicted octanol–water partition coefficient (Wildman–Crippen LogP) is 6.25. The first-order valence-electron chi connectivity index (χ1n) is 18.5. The number of para-hydroxylation sites is 1. The van der Waals surface area contributed by atoms with Crippen molar-refractivity contribution in [1.29, 1.82) is 0 Å². The Morgan fingerprint density at radius 2 is 0.947 bits per heavy atom. The lowest BCUT2D eigenvalue weighted by Crippen LogP contribution is -2.58. The van der Waals surface area contributed by atoms with E-state index < -0.39 is 53.3 Å². The van der Waals surface area contributed by atoms with Crippen LogP contribution in [-0.4, -0.2) is 81.9 Å². The lowest BCUT2D eigenvalue weighted by molar-refractivity contribution is 0.00207. The van der Waals surface area contributed by atoms with E-state index in [-0.39, 0.29) is 78.2 Å². The number of hydrazine groups is 1. The van der Waals surface area contributed by atoms with Crippen molar-refractivity contribution < 1.29 is 43.1 Å². The number of methoxy groups -OCH3 is 1. The Balaban J connectivity index is 1.17. The third-order valence-electron chi connectivity index (χ3n) is 11.6. The maximum absolute atomic E-state index is 14.7. The zero-order valence-electron chi connectivity index (χ0n) is 31.9. The molecule has 0 N–H and O–H groups in total. The second kappa shape index (κ2) is 12.3. The zero-order valence-corrected chi connectivity index (χ0v) is 31.9. The zero-order chi connectivity index (χ0) is 40.5. The number of imide groups is 4. The Morgan fingerprint density at radius 1 is 0.509 bits per heavy atom. The number of carbonyl (C=O) groups is 8. The molecular weight excluding hydrogens is 729 g/mol. The highest BCUT2D eigenvalue weighted by atomic mass is 16.5. The molecule has 4 heterocycles. The van der Waals surface area contributed by atoms with E-state index in [4.69, 9.17) is 4.74 Å². The van der Waals surface area contributed by atoms with E-state index in [1.165, 1.54) is 43.5 Å². The predicted molar refractivity (Wildman–Crippen MR) is 206 cm³/mol. The highest BCUT2D eigenvalue weighted by molar-refractivity contribution is 6.41. The molecule has 4 aliphatic heterocycles. The van der Waals surface area contributed by atoms with Crippen LogP contribution in [0.4, 0.5) is 5.69 Å². The van der Waals surface area contributed by atoms with Gasteiger partial charge in [-0.3, -0.25) is 43.3 Å². The summed E-state index contributed by atoms with van der Waals surface area (Å²) in [6.07, 6.45) is 1.18. The lowest BCUT2D eigenvalue weighted by Gasteiger charge is -2.39. The number of nitrogens with zero attached hydrogens (tertiary/aromatic N) is 4. The minimum atomic E-state index is -1.01. The quantitative estimate of drug-likeness (QED) is 0.175. The van der Waals surface area contributed by atoms with Crippen molar-refractivity contribution >= 4 is 74.5 Å². The number of aryl methyl sites for hydroxylation is 4. The van der Waals surface area contributed by atoms with Crippen LogP contribution < -0.4 is 4.90 Å². The maximum Gasteiger partial charge on any atom is 0.281 e. The van der Waals surface area contributed by atoms with Crippen molar-refractivity contribution in [3.63, 3.8) is 0 Å². The number of amides is 8. The van der Waals surface area contributed by atoms with E-state index in [0.717, 1.165) is 9.80 Å². The molecule has 1 atom stereocenters. The number of carbonyl (C=O) groups excluding carboxylic acids is 8. The molecular formula is C44H34N4O9. The van der Waals surface area contributed by atoms with Crippen molar-refractivity contribution in [1.82, 2.24) is 14.9 Å². The maximum atomic E-state index is 14.7. The van der Waals surface area contributed by atoms with Gasteiger partial charge in [0.2, 0.25) is 0 Å². The number of ether oxygens (including phenoxy) is 1. The Labute approximate surface area is 325 Å². The van der Waals surface area contributed by atoms with Gasteiger partial charge in [-0.1, -0.05) is 31.5 Å². The Morgan fingerprint density at radius 3 is 1.44 bits per heavy atom. The van der Waals surface area contributed by atoms with Gasteiger partial charge in [0.25, 0.3) is 47.3 Å². The fraction of sp³-hybridized carbons (Fsp3) is 0.227. The Hall–Kier alpha value is -6.86. The summed E-state index contributed by atoms with van der Waals surface area (Å²) in [6.45, 7) is 8.86. The molecule has 1 unspecified atom stereocenters. The molecule has 13 nitrogen and oxygen atoms in total. The van der Waals surface area contributed by atoms with Gasteiger partial charge in [0.05, 0.1) is 46.2 Å². The molecule has 0 fully saturated rings. The van der Waals surface area contributed by atoms with Crippen molar-refractivity contribution in [2.75, 3.05) is 18.6 Å². The summed E-state index contributed by atoms with van der Waals surface area (Å²) in [5, 5.41) is 1.46. The van der Waals surface area contributed by atoms with Gasteiger partial charge in [-0.2, -0.15) is 10.0 Å². The molecule has 0 saturated heterocycles. The van der Waals surface area contributed by atoms with Crippen LogP contribution in [0.15, 0.2) is 54.6 Å². The van der Waals surface area contributed by atoms with E-state index in [1.807, 2.05) is 13.0 Å². The second-order valence-electron chi connectivity index (χ2n) is 15.0. The monoisotopic (exact) mass is 762 g/mol. The Kier molecular flexibility index (Phi) is 7.74. The topological polar surface area (TPSA) is 159 Å². The van der Waals surface area contributed by atoms with Gasteiger partial charge in [-0.05, 0) is 92.8 Å². The highest BCUT2D eigenvalue weighted by Gasteiger charge is 2.49. The molecule has 0 aliphatic carbocycles. The van der Waals surface area contributed by atoms with Crippen LogP contribution in [-0.2, 0) is 4.74 Å². The number of rotatable bonds is 7. The molecule has 9 rings (SSSR count). The standard InChI is InChI=1S/C44H34N4O9/c1-7-9-23(18-57-6)45-37(49)24-12-14-26-33-27(15-13-25(32(24)33)38(45)50)41(53)47(40(26)52)48-42(54)29-17-21(4)30-34-28(16-22(5)31(35(29)34)44(48)56)39(51)46(43(30)55)36-19(2)10-8-11-20(36)3/h8,10-17,23H,7,9,18H2,1-6H3. The first-order chi connectivity index (χ1) is 27.2. The average Bonchev–Trinajstić information content (AvgIpc) is 3.17. The van der Waals surface area contributed by atoms with Gasteiger partial charge in [-0.15, -0.1) is 0 Å². The van der Waals surface area contributed by atoms with E-state index in [1.54, 1.807) is 39.8 Å².